The molecule has 0 saturated heterocycles. The summed E-state index contributed by atoms with van der Waals surface area (Å²) in [6, 6.07) is 5.11. The molecule has 0 aliphatic carbocycles. The normalized spacial score (nSPS) is 9.59. The Morgan fingerprint density at radius 2 is 2.12 bits per heavy atom. The van der Waals surface area contributed by atoms with E-state index < -0.39 is 0 Å². The molecule has 3 nitrogen and oxygen atoms in total. The highest BCUT2D eigenvalue weighted by atomic mass is 79.9. The van der Waals surface area contributed by atoms with Crippen molar-refractivity contribution in [2.45, 2.75) is 6.92 Å². The Morgan fingerprint density at radius 3 is 2.71 bits per heavy atom. The van der Waals surface area contributed by atoms with Gasteiger partial charge in [-0.25, -0.2) is 0 Å². The van der Waals surface area contributed by atoms with Crippen LogP contribution in [0.5, 0.6) is 0 Å². The first-order chi connectivity index (χ1) is 7.65. The van der Waals surface area contributed by atoms with Crippen LogP contribution >= 0.6 is 39.9 Å². The third-order valence-electron chi connectivity index (χ3n) is 2.01. The molecule has 0 spiro atoms. The van der Waals surface area contributed by atoms with Crippen LogP contribution in [0.3, 0.4) is 0 Å². The molecule has 0 radical (unpaired) electrons. The zero-order valence-electron chi connectivity index (χ0n) is 9.43. The van der Waals surface area contributed by atoms with Gasteiger partial charge in [0, 0.05) is 22.6 Å². The maximum Gasteiger partial charge on any atom is 0.252 e. The van der Waals surface area contributed by atoms with Crippen LogP contribution in [0.1, 0.15) is 17.3 Å². The van der Waals surface area contributed by atoms with Crippen molar-refractivity contribution < 1.29 is 4.79 Å². The van der Waals surface area contributed by atoms with Crippen molar-refractivity contribution in [3.05, 3.63) is 33.3 Å². The monoisotopic (exact) mass is 340 g/mol. The average molecular weight is 342 g/mol. The lowest BCUT2D eigenvalue weighted by molar-refractivity contribution is 0.0953. The number of nitrogens with one attached hydrogen (secondary N) is 2. The minimum absolute atomic E-state index is 0. The SMILES string of the molecule is CCNCCNC(=O)c1ccc(Cl)cc1Br.Cl. The Morgan fingerprint density at radius 1 is 1.41 bits per heavy atom. The molecular formula is C11H15BrCl2N2O. The minimum atomic E-state index is -0.0959. The second-order valence-corrected chi connectivity index (χ2v) is 4.52. The van der Waals surface area contributed by atoms with Gasteiger partial charge < -0.3 is 10.6 Å². The molecule has 0 unspecified atom stereocenters. The zero-order chi connectivity index (χ0) is 12.0. The number of rotatable bonds is 5. The molecule has 0 saturated carbocycles. The van der Waals surface area contributed by atoms with Crippen molar-refractivity contribution in [1.29, 1.82) is 0 Å². The topological polar surface area (TPSA) is 41.1 Å². The van der Waals surface area contributed by atoms with Gasteiger partial charge in [-0.2, -0.15) is 0 Å². The second kappa shape index (κ2) is 8.75. The summed E-state index contributed by atoms with van der Waals surface area (Å²) in [5.41, 5.74) is 0.598. The first-order valence-corrected chi connectivity index (χ1v) is 6.26. The summed E-state index contributed by atoms with van der Waals surface area (Å²) in [5.74, 6) is -0.0959. The van der Waals surface area contributed by atoms with Crippen LogP contribution in [0, 0.1) is 0 Å². The Labute approximate surface area is 121 Å². The van der Waals surface area contributed by atoms with E-state index >= 15 is 0 Å². The summed E-state index contributed by atoms with van der Waals surface area (Å²) in [6.45, 7) is 4.31. The van der Waals surface area contributed by atoms with Crippen LogP contribution in [0.2, 0.25) is 5.02 Å². The number of likely N-dealkylation sites (N-methyl/N-ethyl adjacent to an activating group) is 1. The van der Waals surface area contributed by atoms with Gasteiger partial charge in [-0.05, 0) is 40.7 Å². The molecule has 6 heteroatoms. The van der Waals surface area contributed by atoms with Crippen LogP contribution in [-0.2, 0) is 0 Å². The molecule has 17 heavy (non-hydrogen) atoms. The van der Waals surface area contributed by atoms with Gasteiger partial charge in [0.2, 0.25) is 0 Å². The summed E-state index contributed by atoms with van der Waals surface area (Å²) in [5, 5.41) is 6.56. The van der Waals surface area contributed by atoms with E-state index in [2.05, 4.69) is 26.6 Å². The molecule has 0 aliphatic heterocycles. The van der Waals surface area contributed by atoms with Gasteiger partial charge in [0.05, 0.1) is 5.56 Å². The molecule has 0 atom stereocenters. The molecule has 0 fully saturated rings. The quantitative estimate of drug-likeness (QED) is 0.808. The van der Waals surface area contributed by atoms with E-state index in [1.165, 1.54) is 0 Å². The van der Waals surface area contributed by atoms with Gasteiger partial charge in [0.25, 0.3) is 5.91 Å². The molecule has 2 N–H and O–H groups in total. The van der Waals surface area contributed by atoms with Gasteiger partial charge in [0.1, 0.15) is 0 Å². The van der Waals surface area contributed by atoms with Gasteiger partial charge >= 0.3 is 0 Å². The largest absolute Gasteiger partial charge is 0.351 e. The Kier molecular flexibility index (Phi) is 8.60. The maximum atomic E-state index is 11.7. The van der Waals surface area contributed by atoms with Crippen molar-refractivity contribution in [2.24, 2.45) is 0 Å². The number of carbonyl (C=O) groups excluding carboxylic acids is 1. The number of hydrogen-bond donors (Lipinski definition) is 2. The molecular weight excluding hydrogens is 327 g/mol. The number of halogens is 3. The van der Waals surface area contributed by atoms with Crippen LogP contribution in [0.4, 0.5) is 0 Å². The van der Waals surface area contributed by atoms with E-state index in [1.54, 1.807) is 18.2 Å². The Balaban J connectivity index is 0.00000256. The molecule has 0 aliphatic rings. The number of amides is 1. The summed E-state index contributed by atoms with van der Waals surface area (Å²) < 4.78 is 0.709. The first-order valence-electron chi connectivity index (χ1n) is 5.09. The zero-order valence-corrected chi connectivity index (χ0v) is 12.6. The molecule has 1 amide bonds. The van der Waals surface area contributed by atoms with Gasteiger partial charge in [0.15, 0.2) is 0 Å². The highest BCUT2D eigenvalue weighted by Crippen LogP contribution is 2.21. The van der Waals surface area contributed by atoms with E-state index in [1.807, 2.05) is 6.92 Å². The van der Waals surface area contributed by atoms with E-state index in [0.717, 1.165) is 13.1 Å². The third-order valence-corrected chi connectivity index (χ3v) is 2.90. The molecule has 0 bridgehead atoms. The predicted molar refractivity (Wildman–Crippen MR) is 77.3 cm³/mol. The fourth-order valence-corrected chi connectivity index (χ4v) is 2.07. The average Bonchev–Trinajstić information content (AvgIpc) is 2.24. The van der Waals surface area contributed by atoms with E-state index in [9.17, 15) is 4.79 Å². The summed E-state index contributed by atoms with van der Waals surface area (Å²) in [6.07, 6.45) is 0. The highest BCUT2D eigenvalue weighted by Gasteiger charge is 2.09. The molecule has 0 heterocycles. The van der Waals surface area contributed by atoms with Gasteiger partial charge in [-0.3, -0.25) is 4.79 Å². The van der Waals surface area contributed by atoms with Gasteiger partial charge in [-0.1, -0.05) is 18.5 Å². The van der Waals surface area contributed by atoms with E-state index in [4.69, 9.17) is 11.6 Å². The number of hydrogen-bond acceptors (Lipinski definition) is 2. The summed E-state index contributed by atoms with van der Waals surface area (Å²) in [7, 11) is 0. The standard InChI is InChI=1S/C11H14BrClN2O.ClH/c1-2-14-5-6-15-11(16)9-4-3-8(13)7-10(9)12;/h3-4,7,14H,2,5-6H2,1H3,(H,15,16);1H. The lowest BCUT2D eigenvalue weighted by Gasteiger charge is -2.07. The first kappa shape index (κ1) is 16.7. The lowest BCUT2D eigenvalue weighted by Crippen LogP contribution is -2.31. The smallest absolute Gasteiger partial charge is 0.252 e. The minimum Gasteiger partial charge on any atom is -0.351 e. The van der Waals surface area contributed by atoms with Crippen LogP contribution in [0.25, 0.3) is 0 Å². The molecule has 1 aromatic carbocycles. The van der Waals surface area contributed by atoms with Gasteiger partial charge in [-0.15, -0.1) is 12.4 Å². The van der Waals surface area contributed by atoms with Crippen LogP contribution in [-0.4, -0.2) is 25.5 Å². The van der Waals surface area contributed by atoms with E-state index in [-0.39, 0.29) is 18.3 Å². The fraction of sp³-hybridized carbons (Fsp3) is 0.364. The second-order valence-electron chi connectivity index (χ2n) is 3.23. The maximum absolute atomic E-state index is 11.7. The van der Waals surface area contributed by atoms with Crippen molar-refractivity contribution in [1.82, 2.24) is 10.6 Å². The fourth-order valence-electron chi connectivity index (χ4n) is 1.21. The lowest BCUT2D eigenvalue weighted by atomic mass is 10.2. The van der Waals surface area contributed by atoms with Crippen molar-refractivity contribution in [2.75, 3.05) is 19.6 Å². The summed E-state index contributed by atoms with van der Waals surface area (Å²) >= 11 is 9.10. The van der Waals surface area contributed by atoms with Crippen molar-refractivity contribution in [3.8, 4) is 0 Å². The number of carbonyl (C=O) groups is 1. The molecule has 1 aromatic rings. The molecule has 1 rings (SSSR count). The van der Waals surface area contributed by atoms with Crippen molar-refractivity contribution >= 4 is 45.8 Å². The Bertz CT molecular complexity index is 374. The third kappa shape index (κ3) is 5.73. The molecule has 96 valence electrons. The summed E-state index contributed by atoms with van der Waals surface area (Å²) in [4.78, 5) is 11.7. The van der Waals surface area contributed by atoms with Crippen LogP contribution in [0.15, 0.2) is 22.7 Å². The molecule has 0 aromatic heterocycles. The van der Waals surface area contributed by atoms with E-state index in [0.29, 0.717) is 21.6 Å². The van der Waals surface area contributed by atoms with Crippen LogP contribution < -0.4 is 10.6 Å². The predicted octanol–water partition coefficient (Wildman–Crippen LogP) is 2.86. The number of benzene rings is 1. The van der Waals surface area contributed by atoms with Crippen molar-refractivity contribution in [3.63, 3.8) is 0 Å². The highest BCUT2D eigenvalue weighted by molar-refractivity contribution is 9.10. The Hall–Kier alpha value is -0.290.